The van der Waals surface area contributed by atoms with Gasteiger partial charge in [0.15, 0.2) is 11.6 Å². The van der Waals surface area contributed by atoms with Crippen LogP contribution in [0.25, 0.3) is 78.3 Å². The second kappa shape index (κ2) is 20.2. The largest absolute Gasteiger partial charge is 0.256 e. The Kier molecular flexibility index (Phi) is 12.0. The summed E-state index contributed by atoms with van der Waals surface area (Å²) in [6.07, 6.45) is 8.22. The lowest BCUT2D eigenvalue weighted by Crippen LogP contribution is -1.99. The van der Waals surface area contributed by atoms with Crippen molar-refractivity contribution in [3.8, 4) is 84.3 Å². The molecule has 0 saturated heterocycles. The highest BCUT2D eigenvalue weighted by molar-refractivity contribution is 5.94. The third-order valence-corrected chi connectivity index (χ3v) is 12.7. The number of aromatic nitrogens is 3. The molecule has 3 aromatic heterocycles. The van der Waals surface area contributed by atoms with Gasteiger partial charge < -0.3 is 0 Å². The van der Waals surface area contributed by atoms with Crippen LogP contribution < -0.4 is 0 Å². The summed E-state index contributed by atoms with van der Waals surface area (Å²) in [6.45, 7) is -2.32. The molecule has 0 radical (unpaired) electrons. The third-order valence-electron chi connectivity index (χ3n) is 12.7. The molecule has 0 fully saturated rings. The number of pyridine rings is 3. The first kappa shape index (κ1) is 41.5. The first-order valence-corrected chi connectivity index (χ1v) is 23.0. The molecule has 7 heteroatoms. The molecule has 7 aromatic carbocycles. The molecule has 70 heavy (non-hydrogen) atoms. The molecule has 10 rings (SSSR count). The van der Waals surface area contributed by atoms with Gasteiger partial charge in [0.25, 0.3) is 0 Å². The Morgan fingerprint density at radius 2 is 0.957 bits per heavy atom. The number of halogens is 3. The van der Waals surface area contributed by atoms with E-state index in [1.807, 2.05) is 66.7 Å². The van der Waals surface area contributed by atoms with Crippen molar-refractivity contribution in [3.63, 3.8) is 0 Å². The van der Waals surface area contributed by atoms with E-state index in [-0.39, 0.29) is 11.1 Å². The average molecular weight is 918 g/mol. The first-order valence-electron chi connectivity index (χ1n) is 24.5. The predicted octanol–water partition coefficient (Wildman–Crippen LogP) is 15.7. The summed E-state index contributed by atoms with van der Waals surface area (Å²) in [5.41, 5.74) is 14.3. The summed E-state index contributed by atoms with van der Waals surface area (Å²) in [7, 11) is 0. The highest BCUT2D eigenvalue weighted by Crippen LogP contribution is 2.42. The van der Waals surface area contributed by atoms with Crippen molar-refractivity contribution >= 4 is 0 Å². The van der Waals surface area contributed by atoms with Crippen LogP contribution in [-0.4, -0.2) is 15.0 Å². The summed E-state index contributed by atoms with van der Waals surface area (Å²) in [5, 5.41) is 9.24. The van der Waals surface area contributed by atoms with Crippen LogP contribution in [0.5, 0.6) is 0 Å². The molecule has 0 unspecified atom stereocenters. The molecule has 0 amide bonds. The topological polar surface area (TPSA) is 62.5 Å². The van der Waals surface area contributed by atoms with Gasteiger partial charge in [-0.2, -0.15) is 5.26 Å². The van der Waals surface area contributed by atoms with Crippen molar-refractivity contribution in [3.05, 3.63) is 257 Å². The number of rotatable bonds is 13. The van der Waals surface area contributed by atoms with Gasteiger partial charge in [0.05, 0.1) is 28.2 Å². The molecular formula is C63H45F3N4. The van der Waals surface area contributed by atoms with E-state index in [0.717, 1.165) is 76.0 Å². The quantitative estimate of drug-likeness (QED) is 0.108. The van der Waals surface area contributed by atoms with Gasteiger partial charge in [-0.1, -0.05) is 146 Å². The average Bonchev–Trinajstić information content (AvgIpc) is 3.43. The van der Waals surface area contributed by atoms with Gasteiger partial charge in [-0.25, -0.2) is 13.2 Å². The van der Waals surface area contributed by atoms with Gasteiger partial charge in [-0.3, -0.25) is 15.0 Å². The second-order valence-electron chi connectivity index (χ2n) is 17.2. The third kappa shape index (κ3) is 9.80. The Morgan fingerprint density at radius 3 is 1.51 bits per heavy atom. The standard InChI is InChI=1S/C63H45F3N4/c1-41-12-31-60(70-40-41)50-29-30-55(56(37-50)46-25-27-49(28-26-46)61-57(64)38-52(39-67)62(65)63(61)66)54-9-3-2-8-53(54)51-35-44(15-13-42-17-21-47(22-18-42)58-10-4-6-32-68-58)34-45(36-51)16-14-43-19-23-48(24-20-43)59-11-5-7-33-69-59/h2-12,17-38,40H,13-16H2,1H3/i1D3. The Hall–Kier alpha value is -8.73. The SMILES string of the molecule is [2H]C([2H])([2H])c1ccc(-c2ccc(-c3ccccc3-c3cc(CCc4ccc(-c5ccccn5)cc4)cc(CCc4ccc(-c5ccccn5)cc4)c3)c(-c3ccc(-c4c(F)cc(C#N)c(F)c4F)cc3)c2)nc1. The predicted molar refractivity (Wildman–Crippen MR) is 275 cm³/mol. The van der Waals surface area contributed by atoms with E-state index in [1.54, 1.807) is 36.7 Å². The van der Waals surface area contributed by atoms with Crippen LogP contribution in [0.1, 0.15) is 37.5 Å². The molecule has 0 bridgehead atoms. The molecule has 0 atom stereocenters. The van der Waals surface area contributed by atoms with Crippen molar-refractivity contribution in [1.29, 1.82) is 5.26 Å². The maximum absolute atomic E-state index is 15.3. The molecule has 0 spiro atoms. The number of benzene rings is 7. The zero-order valence-electron chi connectivity index (χ0n) is 40.9. The molecule has 3 heterocycles. The summed E-state index contributed by atoms with van der Waals surface area (Å²) >= 11 is 0. The highest BCUT2D eigenvalue weighted by atomic mass is 19.2. The lowest BCUT2D eigenvalue weighted by Gasteiger charge is -2.18. The summed E-state index contributed by atoms with van der Waals surface area (Å²) in [4.78, 5) is 13.6. The fraction of sp³-hybridized carbons (Fsp3) is 0.0794. The Bertz CT molecular complexity index is 3510. The molecule has 0 saturated carbocycles. The lowest BCUT2D eigenvalue weighted by molar-refractivity contribution is 0.496. The second-order valence-corrected chi connectivity index (χ2v) is 17.2. The van der Waals surface area contributed by atoms with Crippen LogP contribution in [0.3, 0.4) is 0 Å². The van der Waals surface area contributed by atoms with Crippen LogP contribution in [0.2, 0.25) is 0 Å². The van der Waals surface area contributed by atoms with Gasteiger partial charge in [-0.05, 0) is 142 Å². The zero-order valence-corrected chi connectivity index (χ0v) is 37.9. The van der Waals surface area contributed by atoms with Crippen molar-refractivity contribution in [1.82, 2.24) is 15.0 Å². The van der Waals surface area contributed by atoms with Crippen LogP contribution in [0.4, 0.5) is 13.2 Å². The molecule has 338 valence electrons. The normalized spacial score (nSPS) is 11.9. The lowest BCUT2D eigenvalue weighted by atomic mass is 9.86. The summed E-state index contributed by atoms with van der Waals surface area (Å²) < 4.78 is 69.0. The van der Waals surface area contributed by atoms with E-state index in [2.05, 4.69) is 93.8 Å². The number of hydrogen-bond acceptors (Lipinski definition) is 4. The molecule has 10 aromatic rings. The smallest absolute Gasteiger partial charge is 0.177 e. The molecular weight excluding hydrogens is 870 g/mol. The molecule has 4 nitrogen and oxygen atoms in total. The van der Waals surface area contributed by atoms with Crippen molar-refractivity contribution in [2.75, 3.05) is 0 Å². The fourth-order valence-corrected chi connectivity index (χ4v) is 9.00. The van der Waals surface area contributed by atoms with Gasteiger partial charge >= 0.3 is 0 Å². The summed E-state index contributed by atoms with van der Waals surface area (Å²) in [5.74, 6) is -3.90. The van der Waals surface area contributed by atoms with E-state index in [0.29, 0.717) is 22.9 Å². The van der Waals surface area contributed by atoms with E-state index < -0.39 is 35.4 Å². The van der Waals surface area contributed by atoms with E-state index in [4.69, 9.17) is 4.11 Å². The highest BCUT2D eigenvalue weighted by Gasteiger charge is 2.21. The Balaban J connectivity index is 1.04. The van der Waals surface area contributed by atoms with E-state index in [9.17, 15) is 9.65 Å². The number of nitriles is 1. The molecule has 0 aliphatic carbocycles. The monoisotopic (exact) mass is 917 g/mol. The maximum Gasteiger partial charge on any atom is 0.177 e. The fourth-order valence-electron chi connectivity index (χ4n) is 9.00. The van der Waals surface area contributed by atoms with Gasteiger partial charge in [-0.15, -0.1) is 0 Å². The minimum absolute atomic E-state index is 0.0970. The van der Waals surface area contributed by atoms with Gasteiger partial charge in [0, 0.05) is 39.4 Å². The Morgan fingerprint density at radius 1 is 0.429 bits per heavy atom. The van der Waals surface area contributed by atoms with Crippen molar-refractivity contribution < 1.29 is 17.3 Å². The van der Waals surface area contributed by atoms with Gasteiger partial charge in [0.2, 0.25) is 0 Å². The molecule has 0 aliphatic heterocycles. The number of hydrogen-bond donors (Lipinski definition) is 0. The summed E-state index contributed by atoms with van der Waals surface area (Å²) in [6, 6.07) is 61.9. The van der Waals surface area contributed by atoms with E-state index in [1.165, 1.54) is 46.7 Å². The maximum atomic E-state index is 15.3. The van der Waals surface area contributed by atoms with E-state index >= 15 is 8.78 Å². The molecule has 0 N–H and O–H groups in total. The minimum Gasteiger partial charge on any atom is -0.256 e. The van der Waals surface area contributed by atoms with Crippen molar-refractivity contribution in [2.45, 2.75) is 32.5 Å². The van der Waals surface area contributed by atoms with Crippen LogP contribution >= 0.6 is 0 Å². The zero-order chi connectivity index (χ0) is 50.5. The van der Waals surface area contributed by atoms with Crippen LogP contribution in [0, 0.1) is 35.6 Å². The molecule has 0 aliphatic rings. The van der Waals surface area contributed by atoms with Gasteiger partial charge in [0.1, 0.15) is 11.9 Å². The van der Waals surface area contributed by atoms with Crippen molar-refractivity contribution in [2.24, 2.45) is 0 Å². The van der Waals surface area contributed by atoms with Crippen LogP contribution in [0.15, 0.2) is 207 Å². The first-order chi connectivity index (χ1) is 35.5. The number of nitrogens with zero attached hydrogens (tertiary/aromatic N) is 4. The Labute approximate surface area is 410 Å². The van der Waals surface area contributed by atoms with Crippen LogP contribution in [-0.2, 0) is 25.7 Å². The minimum atomic E-state index is -2.32. The number of aryl methyl sites for hydroxylation is 5.